The van der Waals surface area contributed by atoms with E-state index in [1.165, 1.54) is 6.07 Å². The Balaban J connectivity index is 2.41. The van der Waals surface area contributed by atoms with Gasteiger partial charge in [0.2, 0.25) is 0 Å². The van der Waals surface area contributed by atoms with Gasteiger partial charge in [0, 0.05) is 15.6 Å². The number of fused-ring (bicyclic) bond motifs is 3. The lowest BCUT2D eigenvalue weighted by molar-refractivity contribution is 0.0693. The summed E-state index contributed by atoms with van der Waals surface area (Å²) >= 11 is 3.28. The molecule has 0 saturated carbocycles. The predicted octanol–water partition coefficient (Wildman–Crippen LogP) is 3.36. The lowest BCUT2D eigenvalue weighted by Crippen LogP contribution is -2.06. The molecule has 0 heterocycles. The fraction of sp³-hybridized carbons (Fsp3) is 0. The Kier molecular flexibility index (Phi) is 2.35. The van der Waals surface area contributed by atoms with Crippen molar-refractivity contribution < 1.29 is 14.7 Å². The first-order valence-electron chi connectivity index (χ1n) is 5.30. The van der Waals surface area contributed by atoms with Crippen LogP contribution in [0, 0.1) is 0 Å². The van der Waals surface area contributed by atoms with Crippen molar-refractivity contribution in [2.45, 2.75) is 0 Å². The summed E-state index contributed by atoms with van der Waals surface area (Å²) in [5, 5.41) is 9.20. The first-order chi connectivity index (χ1) is 8.59. The van der Waals surface area contributed by atoms with Crippen molar-refractivity contribution >= 4 is 27.7 Å². The molecule has 2 aromatic rings. The molecule has 0 atom stereocenters. The van der Waals surface area contributed by atoms with Gasteiger partial charge in [0.1, 0.15) is 0 Å². The number of ketones is 1. The summed E-state index contributed by atoms with van der Waals surface area (Å²) in [4.78, 5) is 23.5. The van der Waals surface area contributed by atoms with Crippen LogP contribution in [0.15, 0.2) is 40.9 Å². The lowest BCUT2D eigenvalue weighted by atomic mass is 10.0. The van der Waals surface area contributed by atoms with E-state index in [2.05, 4.69) is 15.9 Å². The second kappa shape index (κ2) is 3.78. The minimum Gasteiger partial charge on any atom is -0.478 e. The van der Waals surface area contributed by atoms with Crippen LogP contribution in [0.4, 0.5) is 0 Å². The number of hydrogen-bond donors (Lipinski definition) is 1. The average Bonchev–Trinajstić information content (AvgIpc) is 2.63. The molecular weight excluding hydrogens is 296 g/mol. The van der Waals surface area contributed by atoms with Gasteiger partial charge in [-0.15, -0.1) is 0 Å². The molecule has 0 saturated heterocycles. The first kappa shape index (κ1) is 11.2. The van der Waals surface area contributed by atoms with Gasteiger partial charge in [0.25, 0.3) is 0 Å². The van der Waals surface area contributed by atoms with Crippen LogP contribution in [0.1, 0.15) is 26.3 Å². The molecule has 18 heavy (non-hydrogen) atoms. The summed E-state index contributed by atoms with van der Waals surface area (Å²) < 4.78 is 0.656. The third-order valence-electron chi connectivity index (χ3n) is 3.02. The van der Waals surface area contributed by atoms with E-state index in [9.17, 15) is 14.7 Å². The van der Waals surface area contributed by atoms with Gasteiger partial charge in [0.05, 0.1) is 5.56 Å². The average molecular weight is 303 g/mol. The Bertz CT molecular complexity index is 704. The Labute approximate surface area is 111 Å². The highest BCUT2D eigenvalue weighted by Gasteiger charge is 2.31. The smallest absolute Gasteiger partial charge is 0.336 e. The number of carboxylic acid groups (broad SMARTS) is 1. The zero-order valence-electron chi connectivity index (χ0n) is 9.11. The fourth-order valence-corrected chi connectivity index (χ4v) is 2.74. The van der Waals surface area contributed by atoms with E-state index in [-0.39, 0.29) is 16.9 Å². The Morgan fingerprint density at radius 1 is 1.06 bits per heavy atom. The summed E-state index contributed by atoms with van der Waals surface area (Å²) in [6.07, 6.45) is 0. The second-order valence-corrected chi connectivity index (χ2v) is 4.97. The van der Waals surface area contributed by atoms with Crippen molar-refractivity contribution in [3.8, 4) is 11.1 Å². The van der Waals surface area contributed by atoms with E-state index >= 15 is 0 Å². The maximum Gasteiger partial charge on any atom is 0.336 e. The second-order valence-electron chi connectivity index (χ2n) is 4.06. The van der Waals surface area contributed by atoms with Crippen LogP contribution < -0.4 is 0 Å². The van der Waals surface area contributed by atoms with Crippen LogP contribution in [0.3, 0.4) is 0 Å². The van der Waals surface area contributed by atoms with Gasteiger partial charge >= 0.3 is 5.97 Å². The third-order valence-corrected chi connectivity index (χ3v) is 3.48. The van der Waals surface area contributed by atoms with Crippen molar-refractivity contribution in [2.75, 3.05) is 0 Å². The maximum atomic E-state index is 12.2. The minimum absolute atomic E-state index is 0.0422. The number of aromatic carboxylic acids is 1. The molecule has 1 aliphatic carbocycles. The standard InChI is InChI=1S/C14H7BrO3/c15-7-5-10-8-3-1-2-4-9(8)13(16)12(10)11(6-7)14(17)18/h1-6H,(H,17,18). The highest BCUT2D eigenvalue weighted by atomic mass is 79.9. The van der Waals surface area contributed by atoms with Gasteiger partial charge in [-0.3, -0.25) is 4.79 Å². The predicted molar refractivity (Wildman–Crippen MR) is 70.0 cm³/mol. The van der Waals surface area contributed by atoms with E-state index in [0.29, 0.717) is 15.6 Å². The van der Waals surface area contributed by atoms with E-state index in [4.69, 9.17) is 0 Å². The number of benzene rings is 2. The minimum atomic E-state index is -1.09. The van der Waals surface area contributed by atoms with Crippen LogP contribution in [0.2, 0.25) is 0 Å². The van der Waals surface area contributed by atoms with Crippen LogP contribution in [0.5, 0.6) is 0 Å². The zero-order chi connectivity index (χ0) is 12.9. The fourth-order valence-electron chi connectivity index (χ4n) is 2.28. The molecule has 3 rings (SSSR count). The highest BCUT2D eigenvalue weighted by molar-refractivity contribution is 9.10. The van der Waals surface area contributed by atoms with Gasteiger partial charge in [-0.1, -0.05) is 40.2 Å². The van der Waals surface area contributed by atoms with Gasteiger partial charge in [-0.25, -0.2) is 4.79 Å². The topological polar surface area (TPSA) is 54.4 Å². The molecule has 2 aromatic carbocycles. The molecule has 0 spiro atoms. The Hall–Kier alpha value is -1.94. The first-order valence-corrected chi connectivity index (χ1v) is 6.10. The molecule has 0 fully saturated rings. The third kappa shape index (κ3) is 1.42. The van der Waals surface area contributed by atoms with Gasteiger partial charge in [0.15, 0.2) is 5.78 Å². The highest BCUT2D eigenvalue weighted by Crippen LogP contribution is 2.39. The van der Waals surface area contributed by atoms with Crippen LogP contribution in [-0.2, 0) is 0 Å². The summed E-state index contributed by atoms with van der Waals surface area (Å²) in [6.45, 7) is 0. The molecular formula is C14H7BrO3. The number of hydrogen-bond acceptors (Lipinski definition) is 2. The molecule has 3 nitrogen and oxygen atoms in total. The van der Waals surface area contributed by atoms with Crippen LogP contribution in [-0.4, -0.2) is 16.9 Å². The largest absolute Gasteiger partial charge is 0.478 e. The SMILES string of the molecule is O=C(O)c1cc(Br)cc2c1C(=O)c1ccccc1-2. The van der Waals surface area contributed by atoms with E-state index < -0.39 is 5.97 Å². The van der Waals surface area contributed by atoms with Crippen LogP contribution >= 0.6 is 15.9 Å². The molecule has 4 heteroatoms. The summed E-state index contributed by atoms with van der Waals surface area (Å²) in [5.41, 5.74) is 2.37. The number of carbonyl (C=O) groups is 2. The molecule has 0 unspecified atom stereocenters. The van der Waals surface area contributed by atoms with Gasteiger partial charge in [-0.05, 0) is 23.3 Å². The quantitative estimate of drug-likeness (QED) is 0.750. The zero-order valence-corrected chi connectivity index (χ0v) is 10.7. The van der Waals surface area contributed by atoms with Gasteiger partial charge < -0.3 is 5.11 Å². The summed E-state index contributed by atoms with van der Waals surface area (Å²) in [5.74, 6) is -1.31. The molecule has 0 bridgehead atoms. The number of carbonyl (C=O) groups excluding carboxylic acids is 1. The van der Waals surface area contributed by atoms with E-state index in [1.54, 1.807) is 18.2 Å². The normalized spacial score (nSPS) is 12.2. The lowest BCUT2D eigenvalue weighted by Gasteiger charge is -2.04. The number of carboxylic acids is 1. The van der Waals surface area contributed by atoms with Crippen molar-refractivity contribution in [3.63, 3.8) is 0 Å². The van der Waals surface area contributed by atoms with Gasteiger partial charge in [-0.2, -0.15) is 0 Å². The summed E-state index contributed by atoms with van der Waals surface area (Å²) in [7, 11) is 0. The summed E-state index contributed by atoms with van der Waals surface area (Å²) in [6, 6.07) is 10.4. The Morgan fingerprint density at radius 3 is 2.39 bits per heavy atom. The molecule has 0 aromatic heterocycles. The molecule has 88 valence electrons. The van der Waals surface area contributed by atoms with Crippen molar-refractivity contribution in [1.29, 1.82) is 0 Å². The van der Waals surface area contributed by atoms with E-state index in [1.807, 2.05) is 12.1 Å². The van der Waals surface area contributed by atoms with Crippen molar-refractivity contribution in [1.82, 2.24) is 0 Å². The van der Waals surface area contributed by atoms with Crippen molar-refractivity contribution in [2.24, 2.45) is 0 Å². The molecule has 0 radical (unpaired) electrons. The molecule has 0 amide bonds. The monoisotopic (exact) mass is 302 g/mol. The maximum absolute atomic E-state index is 12.2. The molecule has 1 aliphatic rings. The molecule has 0 aliphatic heterocycles. The Morgan fingerprint density at radius 2 is 1.72 bits per heavy atom. The van der Waals surface area contributed by atoms with E-state index in [0.717, 1.165) is 5.56 Å². The molecule has 1 N–H and O–H groups in total. The number of halogens is 1. The number of rotatable bonds is 1. The van der Waals surface area contributed by atoms with Crippen molar-refractivity contribution in [3.05, 3.63) is 57.6 Å². The van der Waals surface area contributed by atoms with Crippen LogP contribution in [0.25, 0.3) is 11.1 Å².